The number of hydrogen-bond acceptors (Lipinski definition) is 6. The van der Waals surface area contributed by atoms with Crippen molar-refractivity contribution >= 4 is 12.4 Å². The van der Waals surface area contributed by atoms with Crippen molar-refractivity contribution in [3.8, 4) is 11.5 Å². The molecule has 0 radical (unpaired) electrons. The molecule has 1 aromatic carbocycles. The van der Waals surface area contributed by atoms with E-state index >= 15 is 0 Å². The van der Waals surface area contributed by atoms with Crippen LogP contribution in [0.5, 0.6) is 11.5 Å². The lowest BCUT2D eigenvalue weighted by Crippen LogP contribution is -2.29. The molecular formula is C15H20O6. The van der Waals surface area contributed by atoms with Crippen LogP contribution >= 0.6 is 0 Å². The van der Waals surface area contributed by atoms with Gasteiger partial charge >= 0.3 is 5.97 Å². The summed E-state index contributed by atoms with van der Waals surface area (Å²) < 4.78 is 20.4. The Labute approximate surface area is 123 Å². The molecule has 21 heavy (non-hydrogen) atoms. The summed E-state index contributed by atoms with van der Waals surface area (Å²) in [7, 11) is 1.58. The number of carbonyl (C=O) groups is 2. The van der Waals surface area contributed by atoms with E-state index in [2.05, 4.69) is 4.74 Å². The van der Waals surface area contributed by atoms with Gasteiger partial charge in [0.1, 0.15) is 24.7 Å². The van der Waals surface area contributed by atoms with Gasteiger partial charge in [-0.25, -0.2) is 0 Å². The fraction of sp³-hybridized carbons (Fsp3) is 0.467. The average Bonchev–Trinajstić information content (AvgIpc) is 2.50. The van der Waals surface area contributed by atoms with Gasteiger partial charge in [-0.05, 0) is 30.7 Å². The van der Waals surface area contributed by atoms with Crippen LogP contribution < -0.4 is 9.47 Å². The molecule has 116 valence electrons. The Morgan fingerprint density at radius 1 is 1.19 bits per heavy atom. The van der Waals surface area contributed by atoms with Crippen molar-refractivity contribution in [3.63, 3.8) is 0 Å². The first-order valence-electron chi connectivity index (χ1n) is 6.71. The van der Waals surface area contributed by atoms with E-state index in [1.54, 1.807) is 31.4 Å². The molecular weight excluding hydrogens is 276 g/mol. The molecule has 1 atom stereocenters. The van der Waals surface area contributed by atoms with Crippen LogP contribution in [0.2, 0.25) is 0 Å². The smallest absolute Gasteiger partial charge is 0.306 e. The lowest BCUT2D eigenvalue weighted by Gasteiger charge is -2.17. The summed E-state index contributed by atoms with van der Waals surface area (Å²) in [6.45, 7) is 2.27. The molecule has 0 fully saturated rings. The number of esters is 1. The lowest BCUT2D eigenvalue weighted by atomic mass is 10.3. The van der Waals surface area contributed by atoms with Gasteiger partial charge in [0.2, 0.25) is 0 Å². The third kappa shape index (κ3) is 6.65. The molecule has 0 saturated heterocycles. The number of rotatable bonds is 10. The maximum absolute atomic E-state index is 11.5. The predicted octanol–water partition coefficient (Wildman–Crippen LogP) is 1.96. The summed E-state index contributed by atoms with van der Waals surface area (Å²) in [5, 5.41) is 0. The van der Waals surface area contributed by atoms with Gasteiger partial charge in [-0.2, -0.15) is 0 Å². The van der Waals surface area contributed by atoms with Crippen molar-refractivity contribution in [2.24, 2.45) is 0 Å². The molecule has 0 saturated carbocycles. The second-order valence-corrected chi connectivity index (χ2v) is 4.28. The molecule has 6 nitrogen and oxygen atoms in total. The molecule has 6 heteroatoms. The maximum Gasteiger partial charge on any atom is 0.306 e. The maximum atomic E-state index is 11.5. The minimum Gasteiger partial charge on any atom is -0.497 e. The molecule has 0 aromatic heterocycles. The SMILES string of the molecule is CCCC(=O)O[C@H](COC=O)COc1ccc(OC)cc1. The van der Waals surface area contributed by atoms with Crippen molar-refractivity contribution in [3.05, 3.63) is 24.3 Å². The highest BCUT2D eigenvalue weighted by molar-refractivity contribution is 5.69. The van der Waals surface area contributed by atoms with Crippen LogP contribution in [-0.2, 0) is 19.1 Å². The lowest BCUT2D eigenvalue weighted by molar-refractivity contribution is -0.156. The van der Waals surface area contributed by atoms with Crippen molar-refractivity contribution < 1.29 is 28.5 Å². The summed E-state index contributed by atoms with van der Waals surface area (Å²) >= 11 is 0. The van der Waals surface area contributed by atoms with Crippen molar-refractivity contribution in [2.45, 2.75) is 25.9 Å². The molecule has 1 rings (SSSR count). The molecule has 0 N–H and O–H groups in total. The Balaban J connectivity index is 2.50. The molecule has 0 spiro atoms. The minimum atomic E-state index is -0.628. The molecule has 0 bridgehead atoms. The second kappa shape index (κ2) is 9.63. The number of methoxy groups -OCH3 is 1. The van der Waals surface area contributed by atoms with Gasteiger partial charge in [0, 0.05) is 6.42 Å². The Morgan fingerprint density at radius 2 is 1.86 bits per heavy atom. The van der Waals surface area contributed by atoms with Gasteiger partial charge in [0.15, 0.2) is 6.10 Å². The van der Waals surface area contributed by atoms with Crippen LogP contribution in [0.25, 0.3) is 0 Å². The average molecular weight is 296 g/mol. The zero-order chi connectivity index (χ0) is 15.5. The minimum absolute atomic E-state index is 0.0326. The van der Waals surface area contributed by atoms with Gasteiger partial charge in [-0.3, -0.25) is 9.59 Å². The number of carbonyl (C=O) groups excluding carboxylic acids is 2. The van der Waals surface area contributed by atoms with E-state index in [1.807, 2.05) is 6.92 Å². The predicted molar refractivity (Wildman–Crippen MR) is 75.3 cm³/mol. The third-order valence-corrected chi connectivity index (χ3v) is 2.60. The van der Waals surface area contributed by atoms with E-state index in [-0.39, 0.29) is 19.2 Å². The first kappa shape index (κ1) is 16.8. The van der Waals surface area contributed by atoms with E-state index in [4.69, 9.17) is 14.2 Å². The van der Waals surface area contributed by atoms with Crippen molar-refractivity contribution in [1.82, 2.24) is 0 Å². The van der Waals surface area contributed by atoms with E-state index in [0.717, 1.165) is 5.75 Å². The highest BCUT2D eigenvalue weighted by Crippen LogP contribution is 2.17. The number of benzene rings is 1. The van der Waals surface area contributed by atoms with E-state index < -0.39 is 6.10 Å². The molecule has 0 aliphatic heterocycles. The van der Waals surface area contributed by atoms with Gasteiger partial charge in [0.25, 0.3) is 6.47 Å². The molecule has 0 aliphatic carbocycles. The van der Waals surface area contributed by atoms with Gasteiger partial charge < -0.3 is 18.9 Å². The third-order valence-electron chi connectivity index (χ3n) is 2.60. The first-order valence-corrected chi connectivity index (χ1v) is 6.71. The van der Waals surface area contributed by atoms with Crippen molar-refractivity contribution in [2.75, 3.05) is 20.3 Å². The fourth-order valence-corrected chi connectivity index (χ4v) is 1.57. The summed E-state index contributed by atoms with van der Waals surface area (Å²) in [6, 6.07) is 7.00. The van der Waals surface area contributed by atoms with Gasteiger partial charge in [-0.1, -0.05) is 6.92 Å². The quantitative estimate of drug-likeness (QED) is 0.485. The Kier molecular flexibility index (Phi) is 7.71. The van der Waals surface area contributed by atoms with Gasteiger partial charge in [0.05, 0.1) is 7.11 Å². The zero-order valence-corrected chi connectivity index (χ0v) is 12.2. The summed E-state index contributed by atoms with van der Waals surface area (Å²) in [4.78, 5) is 21.7. The van der Waals surface area contributed by atoms with Crippen LogP contribution in [0.1, 0.15) is 19.8 Å². The normalized spacial score (nSPS) is 11.3. The molecule has 0 aliphatic rings. The van der Waals surface area contributed by atoms with Crippen LogP contribution in [0, 0.1) is 0 Å². The zero-order valence-electron chi connectivity index (χ0n) is 12.2. The largest absolute Gasteiger partial charge is 0.497 e. The van der Waals surface area contributed by atoms with Crippen molar-refractivity contribution in [1.29, 1.82) is 0 Å². The number of hydrogen-bond donors (Lipinski definition) is 0. The first-order chi connectivity index (χ1) is 10.2. The van der Waals surface area contributed by atoms with E-state index in [9.17, 15) is 9.59 Å². The van der Waals surface area contributed by atoms with E-state index in [0.29, 0.717) is 25.1 Å². The summed E-state index contributed by atoms with van der Waals surface area (Å²) in [6.07, 6.45) is 0.385. The molecule has 1 aromatic rings. The summed E-state index contributed by atoms with van der Waals surface area (Å²) in [5.74, 6) is 0.992. The standard InChI is InChI=1S/C15H20O6/c1-3-4-15(17)21-14(9-19-11-16)10-20-13-7-5-12(18-2)6-8-13/h5-8,11,14H,3-4,9-10H2,1-2H3/t14-/m1/s1. The van der Waals surface area contributed by atoms with Crippen LogP contribution in [0.4, 0.5) is 0 Å². The van der Waals surface area contributed by atoms with Crippen LogP contribution in [0.3, 0.4) is 0 Å². The Hall–Kier alpha value is -2.24. The Bertz CT molecular complexity index is 428. The fourth-order valence-electron chi connectivity index (χ4n) is 1.57. The molecule has 0 unspecified atom stereocenters. The Morgan fingerprint density at radius 3 is 2.43 bits per heavy atom. The second-order valence-electron chi connectivity index (χ2n) is 4.28. The number of ether oxygens (including phenoxy) is 4. The van der Waals surface area contributed by atoms with Gasteiger partial charge in [-0.15, -0.1) is 0 Å². The van der Waals surface area contributed by atoms with Crippen LogP contribution in [-0.4, -0.2) is 38.9 Å². The topological polar surface area (TPSA) is 71.1 Å². The molecule has 0 amide bonds. The highest BCUT2D eigenvalue weighted by atomic mass is 16.6. The highest BCUT2D eigenvalue weighted by Gasteiger charge is 2.16. The monoisotopic (exact) mass is 296 g/mol. The van der Waals surface area contributed by atoms with E-state index in [1.165, 1.54) is 0 Å². The summed E-state index contributed by atoms with van der Waals surface area (Å²) in [5.41, 5.74) is 0. The van der Waals surface area contributed by atoms with Crippen LogP contribution in [0.15, 0.2) is 24.3 Å². The molecule has 0 heterocycles.